The number of nitrogens with zero attached hydrogens (tertiary/aromatic N) is 2. The Balaban J connectivity index is 2.17. The molecule has 1 aromatic rings. The number of carboxylic acids is 1. The molecule has 0 aliphatic rings. The number of aromatic nitrogens is 2. The second-order valence-electron chi connectivity index (χ2n) is 3.41. The molecule has 1 heterocycles. The molecule has 1 unspecified atom stereocenters. The molecule has 8 nitrogen and oxygen atoms in total. The van der Waals surface area contributed by atoms with Crippen molar-refractivity contribution in [2.24, 2.45) is 5.73 Å². The summed E-state index contributed by atoms with van der Waals surface area (Å²) in [4.78, 5) is 25.4. The van der Waals surface area contributed by atoms with Crippen molar-refractivity contribution >= 4 is 11.9 Å². The predicted molar refractivity (Wildman–Crippen MR) is 55.9 cm³/mol. The van der Waals surface area contributed by atoms with Gasteiger partial charge in [-0.15, -0.1) is 0 Å². The topological polar surface area (TPSA) is 131 Å². The lowest BCUT2D eigenvalue weighted by Crippen LogP contribution is -2.41. The Morgan fingerprint density at radius 1 is 1.59 bits per heavy atom. The van der Waals surface area contributed by atoms with Crippen molar-refractivity contribution in [1.29, 1.82) is 0 Å². The second kappa shape index (κ2) is 6.59. The zero-order valence-corrected chi connectivity index (χ0v) is 9.13. The molecule has 1 atom stereocenters. The first-order valence-corrected chi connectivity index (χ1v) is 5.10. The third-order valence-corrected chi connectivity index (χ3v) is 2.05. The summed E-state index contributed by atoms with van der Waals surface area (Å²) in [6.07, 6.45) is 1.67. The van der Waals surface area contributed by atoms with Crippen LogP contribution >= 0.6 is 0 Å². The molecule has 4 N–H and O–H groups in total. The molecule has 0 fully saturated rings. The fraction of sp³-hybridized carbons (Fsp3) is 0.556. The van der Waals surface area contributed by atoms with Crippen molar-refractivity contribution < 1.29 is 19.2 Å². The fourth-order valence-corrected chi connectivity index (χ4v) is 1.14. The lowest BCUT2D eigenvalue weighted by atomic mass is 10.1. The molecule has 0 saturated heterocycles. The minimum Gasteiger partial charge on any atom is -0.481 e. The van der Waals surface area contributed by atoms with E-state index in [4.69, 9.17) is 15.4 Å². The number of carboxylic acid groups (broad SMARTS) is 1. The molecular weight excluding hydrogens is 228 g/mol. The number of amides is 1. The first kappa shape index (κ1) is 13.1. The summed E-state index contributed by atoms with van der Waals surface area (Å²) in [5.41, 5.74) is 5.50. The van der Waals surface area contributed by atoms with Gasteiger partial charge in [-0.25, -0.2) is 0 Å². The van der Waals surface area contributed by atoms with E-state index < -0.39 is 12.0 Å². The molecule has 0 aromatic carbocycles. The molecule has 1 rings (SSSR count). The van der Waals surface area contributed by atoms with Crippen LogP contribution in [0.1, 0.15) is 18.7 Å². The summed E-state index contributed by atoms with van der Waals surface area (Å²) >= 11 is 0. The van der Waals surface area contributed by atoms with Gasteiger partial charge in [0.05, 0.1) is 6.04 Å². The van der Waals surface area contributed by atoms with Crippen LogP contribution in [0.5, 0.6) is 0 Å². The lowest BCUT2D eigenvalue weighted by Gasteiger charge is -2.10. The summed E-state index contributed by atoms with van der Waals surface area (Å²) in [6.45, 7) is 0.321. The summed E-state index contributed by atoms with van der Waals surface area (Å²) < 4.78 is 4.73. The van der Waals surface area contributed by atoms with Gasteiger partial charge in [-0.1, -0.05) is 5.16 Å². The van der Waals surface area contributed by atoms with Crippen LogP contribution in [0, 0.1) is 0 Å². The largest absolute Gasteiger partial charge is 0.481 e. The van der Waals surface area contributed by atoms with Crippen LogP contribution in [-0.2, 0) is 16.0 Å². The van der Waals surface area contributed by atoms with E-state index in [0.717, 1.165) is 0 Å². The summed E-state index contributed by atoms with van der Waals surface area (Å²) in [5, 5.41) is 14.4. The van der Waals surface area contributed by atoms with Gasteiger partial charge in [0.2, 0.25) is 11.8 Å². The van der Waals surface area contributed by atoms with E-state index in [-0.39, 0.29) is 18.7 Å². The highest BCUT2D eigenvalue weighted by atomic mass is 16.5. The van der Waals surface area contributed by atoms with Crippen molar-refractivity contribution in [3.8, 4) is 0 Å². The maximum Gasteiger partial charge on any atom is 0.303 e. The maximum atomic E-state index is 11.4. The highest BCUT2D eigenvalue weighted by Gasteiger charge is 2.14. The molecule has 1 aromatic heterocycles. The third-order valence-electron chi connectivity index (χ3n) is 2.05. The molecule has 8 heteroatoms. The van der Waals surface area contributed by atoms with Gasteiger partial charge in [0.1, 0.15) is 0 Å². The first-order valence-electron chi connectivity index (χ1n) is 5.10. The number of carbonyl (C=O) groups excluding carboxylic acids is 1. The van der Waals surface area contributed by atoms with Crippen LogP contribution in [0.25, 0.3) is 0 Å². The van der Waals surface area contributed by atoms with Gasteiger partial charge < -0.3 is 20.7 Å². The number of aliphatic carboxylic acids is 1. The maximum absolute atomic E-state index is 11.4. The SMILES string of the molecule is NC(CCC(=O)O)C(=O)NCCc1ncno1. The van der Waals surface area contributed by atoms with E-state index in [1.54, 1.807) is 0 Å². The van der Waals surface area contributed by atoms with Crippen LogP contribution in [-0.4, -0.2) is 39.7 Å². The second-order valence-corrected chi connectivity index (χ2v) is 3.41. The molecule has 0 aliphatic heterocycles. The van der Waals surface area contributed by atoms with Gasteiger partial charge in [-0.3, -0.25) is 9.59 Å². The van der Waals surface area contributed by atoms with Crippen LogP contribution in [0.3, 0.4) is 0 Å². The van der Waals surface area contributed by atoms with E-state index in [1.807, 2.05) is 0 Å². The number of nitrogens with one attached hydrogen (secondary N) is 1. The van der Waals surface area contributed by atoms with Crippen molar-refractivity contribution in [3.05, 3.63) is 12.2 Å². The number of nitrogens with two attached hydrogens (primary N) is 1. The number of rotatable bonds is 7. The Kier molecular flexibility index (Phi) is 5.08. The average Bonchev–Trinajstić information content (AvgIpc) is 2.78. The van der Waals surface area contributed by atoms with Gasteiger partial charge in [-0.05, 0) is 6.42 Å². The molecule has 0 spiro atoms. The number of carbonyl (C=O) groups is 2. The summed E-state index contributed by atoms with van der Waals surface area (Å²) in [6, 6.07) is -0.811. The van der Waals surface area contributed by atoms with Crippen molar-refractivity contribution in [2.75, 3.05) is 6.54 Å². The predicted octanol–water partition coefficient (Wildman–Crippen LogP) is -1.08. The fourth-order valence-electron chi connectivity index (χ4n) is 1.14. The molecule has 1 amide bonds. The van der Waals surface area contributed by atoms with E-state index in [9.17, 15) is 9.59 Å². The zero-order valence-electron chi connectivity index (χ0n) is 9.13. The minimum atomic E-state index is -0.973. The third kappa shape index (κ3) is 5.07. The highest BCUT2D eigenvalue weighted by molar-refractivity contribution is 5.82. The van der Waals surface area contributed by atoms with Crippen molar-refractivity contribution in [3.63, 3.8) is 0 Å². The normalized spacial score (nSPS) is 12.1. The average molecular weight is 242 g/mol. The van der Waals surface area contributed by atoms with Gasteiger partial charge in [0.15, 0.2) is 6.33 Å². The highest BCUT2D eigenvalue weighted by Crippen LogP contribution is 1.95. The zero-order chi connectivity index (χ0) is 12.7. The van der Waals surface area contributed by atoms with Gasteiger partial charge in [-0.2, -0.15) is 4.98 Å². The first-order chi connectivity index (χ1) is 8.09. The smallest absolute Gasteiger partial charge is 0.303 e. The van der Waals surface area contributed by atoms with Gasteiger partial charge in [0, 0.05) is 19.4 Å². The number of hydrogen-bond donors (Lipinski definition) is 3. The van der Waals surface area contributed by atoms with Crippen LogP contribution in [0.15, 0.2) is 10.9 Å². The Labute approximate surface area is 97.2 Å². The van der Waals surface area contributed by atoms with Crippen LogP contribution in [0.4, 0.5) is 0 Å². The molecule has 0 radical (unpaired) electrons. The molecule has 94 valence electrons. The molecule has 17 heavy (non-hydrogen) atoms. The molecular formula is C9H14N4O4. The van der Waals surface area contributed by atoms with E-state index in [2.05, 4.69) is 15.5 Å². The van der Waals surface area contributed by atoms with Gasteiger partial charge >= 0.3 is 5.97 Å². The summed E-state index contributed by atoms with van der Waals surface area (Å²) in [7, 11) is 0. The molecule has 0 saturated carbocycles. The minimum absolute atomic E-state index is 0.113. The van der Waals surface area contributed by atoms with Crippen molar-refractivity contribution in [2.45, 2.75) is 25.3 Å². The lowest BCUT2D eigenvalue weighted by molar-refractivity contribution is -0.137. The number of hydrogen-bond acceptors (Lipinski definition) is 6. The van der Waals surface area contributed by atoms with E-state index in [0.29, 0.717) is 18.9 Å². The Bertz CT molecular complexity index is 365. The molecule has 0 aliphatic carbocycles. The quantitative estimate of drug-likeness (QED) is 0.554. The Morgan fingerprint density at radius 3 is 2.94 bits per heavy atom. The standard InChI is InChI=1S/C9H14N4O4/c10-6(1-2-8(14)15)9(16)11-4-3-7-12-5-13-17-7/h5-6H,1-4,10H2,(H,11,16)(H,14,15). The van der Waals surface area contributed by atoms with Crippen LogP contribution in [0.2, 0.25) is 0 Å². The molecule has 0 bridgehead atoms. The van der Waals surface area contributed by atoms with E-state index >= 15 is 0 Å². The Morgan fingerprint density at radius 2 is 2.35 bits per heavy atom. The van der Waals surface area contributed by atoms with E-state index in [1.165, 1.54) is 6.33 Å². The van der Waals surface area contributed by atoms with Gasteiger partial charge in [0.25, 0.3) is 0 Å². The van der Waals surface area contributed by atoms with Crippen molar-refractivity contribution in [1.82, 2.24) is 15.5 Å². The summed E-state index contributed by atoms with van der Waals surface area (Å²) in [5.74, 6) is -0.936. The Hall–Kier alpha value is -1.96. The van der Waals surface area contributed by atoms with Crippen LogP contribution < -0.4 is 11.1 Å². The monoisotopic (exact) mass is 242 g/mol.